The van der Waals surface area contributed by atoms with Crippen LogP contribution in [0.2, 0.25) is 0 Å². The maximum absolute atomic E-state index is 11.5. The van der Waals surface area contributed by atoms with Gasteiger partial charge < -0.3 is 10.4 Å². The van der Waals surface area contributed by atoms with Crippen LogP contribution in [0.25, 0.3) is 0 Å². The Morgan fingerprint density at radius 1 is 1.05 bits per heavy atom. The quantitative estimate of drug-likeness (QED) is 0.778. The van der Waals surface area contributed by atoms with Crippen LogP contribution >= 0.6 is 0 Å². The molecule has 5 nitrogen and oxygen atoms in total. The fourth-order valence-corrected chi connectivity index (χ4v) is 2.64. The number of hydrogen-bond donors (Lipinski definition) is 3. The summed E-state index contributed by atoms with van der Waals surface area (Å²) in [5.41, 5.74) is 1.23. The average Bonchev–Trinajstić information content (AvgIpc) is 2.45. The zero-order valence-corrected chi connectivity index (χ0v) is 11.5. The number of primary sulfonamides is 1. The lowest BCUT2D eigenvalue weighted by Gasteiger charge is -2.19. The van der Waals surface area contributed by atoms with E-state index in [0.29, 0.717) is 5.69 Å². The van der Waals surface area contributed by atoms with Gasteiger partial charge in [-0.2, -0.15) is 0 Å². The molecule has 0 spiro atoms. The van der Waals surface area contributed by atoms with Gasteiger partial charge in [-0.3, -0.25) is 0 Å². The van der Waals surface area contributed by atoms with E-state index in [1.54, 1.807) is 18.2 Å². The first-order valence-corrected chi connectivity index (χ1v) is 7.61. The number of aliphatic hydroxyl groups is 1. The first kappa shape index (κ1) is 14.5. The highest BCUT2D eigenvalue weighted by Gasteiger charge is 2.16. The van der Waals surface area contributed by atoms with Gasteiger partial charge in [-0.1, -0.05) is 42.5 Å². The van der Waals surface area contributed by atoms with E-state index in [4.69, 9.17) is 5.14 Å². The van der Waals surface area contributed by atoms with Crippen molar-refractivity contribution in [3.05, 3.63) is 60.2 Å². The second-order valence-corrected chi connectivity index (χ2v) is 5.86. The molecule has 0 aliphatic heterocycles. The number of para-hydroxylation sites is 1. The van der Waals surface area contributed by atoms with E-state index in [-0.39, 0.29) is 11.5 Å². The summed E-state index contributed by atoms with van der Waals surface area (Å²) >= 11 is 0. The van der Waals surface area contributed by atoms with Crippen molar-refractivity contribution in [1.29, 1.82) is 0 Å². The van der Waals surface area contributed by atoms with Gasteiger partial charge in [0.1, 0.15) is 4.90 Å². The zero-order valence-electron chi connectivity index (χ0n) is 10.7. The van der Waals surface area contributed by atoms with Gasteiger partial charge in [-0.25, -0.2) is 13.6 Å². The van der Waals surface area contributed by atoms with Gasteiger partial charge in [0, 0.05) is 0 Å². The molecule has 0 fully saturated rings. The van der Waals surface area contributed by atoms with Crippen LogP contribution in [0.4, 0.5) is 5.69 Å². The molecule has 6 heteroatoms. The lowest BCUT2D eigenvalue weighted by molar-refractivity contribution is 0.276. The monoisotopic (exact) mass is 292 g/mol. The molecule has 1 atom stereocenters. The Kier molecular flexibility index (Phi) is 4.39. The maximum Gasteiger partial charge on any atom is 0.240 e. The van der Waals surface area contributed by atoms with E-state index in [1.807, 2.05) is 30.3 Å². The molecule has 0 heterocycles. The van der Waals surface area contributed by atoms with E-state index in [0.717, 1.165) is 5.56 Å². The number of benzene rings is 2. The summed E-state index contributed by atoms with van der Waals surface area (Å²) in [6.45, 7) is -0.164. The van der Waals surface area contributed by atoms with E-state index >= 15 is 0 Å². The van der Waals surface area contributed by atoms with Gasteiger partial charge in [-0.05, 0) is 17.7 Å². The van der Waals surface area contributed by atoms with Gasteiger partial charge in [0.2, 0.25) is 10.0 Å². The SMILES string of the molecule is NS(=O)(=O)c1ccccc1NC(CO)c1ccccc1. The normalized spacial score (nSPS) is 12.9. The number of rotatable bonds is 5. The van der Waals surface area contributed by atoms with Gasteiger partial charge >= 0.3 is 0 Å². The number of hydrogen-bond acceptors (Lipinski definition) is 4. The number of nitrogens with one attached hydrogen (secondary N) is 1. The Balaban J connectivity index is 2.34. The van der Waals surface area contributed by atoms with Crippen molar-refractivity contribution in [2.24, 2.45) is 5.14 Å². The summed E-state index contributed by atoms with van der Waals surface area (Å²) in [5.74, 6) is 0. The van der Waals surface area contributed by atoms with Gasteiger partial charge in [0.05, 0.1) is 18.3 Å². The van der Waals surface area contributed by atoms with E-state index in [2.05, 4.69) is 5.32 Å². The molecule has 2 aromatic carbocycles. The van der Waals surface area contributed by atoms with Crippen LogP contribution in [-0.2, 0) is 10.0 Å². The predicted molar refractivity (Wildman–Crippen MR) is 77.7 cm³/mol. The van der Waals surface area contributed by atoms with E-state index in [9.17, 15) is 13.5 Å². The number of nitrogens with two attached hydrogens (primary N) is 1. The highest BCUT2D eigenvalue weighted by molar-refractivity contribution is 7.89. The Bertz CT molecular complexity index is 672. The van der Waals surface area contributed by atoms with Crippen LogP contribution < -0.4 is 10.5 Å². The first-order chi connectivity index (χ1) is 9.52. The fraction of sp³-hybridized carbons (Fsp3) is 0.143. The lowest BCUT2D eigenvalue weighted by Crippen LogP contribution is -2.19. The molecule has 106 valence electrons. The molecule has 0 aliphatic carbocycles. The minimum atomic E-state index is -3.81. The van der Waals surface area contributed by atoms with E-state index < -0.39 is 16.1 Å². The first-order valence-electron chi connectivity index (χ1n) is 6.06. The van der Waals surface area contributed by atoms with Crippen molar-refractivity contribution in [3.8, 4) is 0 Å². The minimum Gasteiger partial charge on any atom is -0.394 e. The topological polar surface area (TPSA) is 92.4 Å². The average molecular weight is 292 g/mol. The van der Waals surface area contributed by atoms with Gasteiger partial charge in [-0.15, -0.1) is 0 Å². The molecule has 0 radical (unpaired) electrons. The molecule has 2 rings (SSSR count). The molecule has 0 bridgehead atoms. The number of anilines is 1. The Labute approximate surface area is 118 Å². The fourth-order valence-electron chi connectivity index (χ4n) is 1.94. The van der Waals surface area contributed by atoms with Crippen molar-refractivity contribution < 1.29 is 13.5 Å². The number of sulfonamides is 1. The van der Waals surface area contributed by atoms with Crippen molar-refractivity contribution in [2.45, 2.75) is 10.9 Å². The third kappa shape index (κ3) is 3.36. The lowest BCUT2D eigenvalue weighted by atomic mass is 10.1. The van der Waals surface area contributed by atoms with Gasteiger partial charge in [0.15, 0.2) is 0 Å². The minimum absolute atomic E-state index is 0.00869. The summed E-state index contributed by atoms with van der Waals surface area (Å²) in [5, 5.41) is 17.7. The third-order valence-corrected chi connectivity index (χ3v) is 3.88. The van der Waals surface area contributed by atoms with Crippen molar-refractivity contribution >= 4 is 15.7 Å². The van der Waals surface area contributed by atoms with Crippen LogP contribution in [0.15, 0.2) is 59.5 Å². The second kappa shape index (κ2) is 6.04. The van der Waals surface area contributed by atoms with Crippen LogP contribution in [0.1, 0.15) is 11.6 Å². The molecule has 1 unspecified atom stereocenters. The smallest absolute Gasteiger partial charge is 0.240 e. The third-order valence-electron chi connectivity index (χ3n) is 2.91. The molecule has 2 aromatic rings. The van der Waals surface area contributed by atoms with Crippen LogP contribution in [-0.4, -0.2) is 20.1 Å². The summed E-state index contributed by atoms with van der Waals surface area (Å²) in [7, 11) is -3.81. The molecule has 0 saturated heterocycles. The van der Waals surface area contributed by atoms with Crippen LogP contribution in [0.5, 0.6) is 0 Å². The summed E-state index contributed by atoms with van der Waals surface area (Å²) in [6, 6.07) is 15.2. The molecule has 20 heavy (non-hydrogen) atoms. The molecular weight excluding hydrogens is 276 g/mol. The van der Waals surface area contributed by atoms with Crippen molar-refractivity contribution in [1.82, 2.24) is 0 Å². The van der Waals surface area contributed by atoms with Crippen LogP contribution in [0.3, 0.4) is 0 Å². The Morgan fingerprint density at radius 3 is 2.25 bits per heavy atom. The molecule has 0 aliphatic rings. The highest BCUT2D eigenvalue weighted by Crippen LogP contribution is 2.24. The van der Waals surface area contributed by atoms with E-state index in [1.165, 1.54) is 6.07 Å². The Hall–Kier alpha value is -1.89. The molecular formula is C14H16N2O3S. The standard InChI is InChI=1S/C14H16N2O3S/c15-20(18,19)14-9-5-4-8-12(14)16-13(10-17)11-6-2-1-3-7-11/h1-9,13,16-17H,10H2,(H2,15,18,19). The van der Waals surface area contributed by atoms with Gasteiger partial charge in [0.25, 0.3) is 0 Å². The van der Waals surface area contributed by atoms with Crippen LogP contribution in [0, 0.1) is 0 Å². The largest absolute Gasteiger partial charge is 0.394 e. The molecule has 0 amide bonds. The number of aliphatic hydroxyl groups excluding tert-OH is 1. The van der Waals surface area contributed by atoms with Crippen molar-refractivity contribution in [3.63, 3.8) is 0 Å². The highest BCUT2D eigenvalue weighted by atomic mass is 32.2. The predicted octanol–water partition coefficient (Wildman–Crippen LogP) is 1.48. The maximum atomic E-state index is 11.5. The zero-order chi connectivity index (χ0) is 14.6. The van der Waals surface area contributed by atoms with Crippen molar-refractivity contribution in [2.75, 3.05) is 11.9 Å². The Morgan fingerprint density at radius 2 is 1.65 bits per heavy atom. The molecule has 0 aromatic heterocycles. The molecule has 4 N–H and O–H groups in total. The summed E-state index contributed by atoms with van der Waals surface area (Å²) in [4.78, 5) is 0.00869. The summed E-state index contributed by atoms with van der Waals surface area (Å²) < 4.78 is 23.1. The second-order valence-electron chi connectivity index (χ2n) is 4.33. The molecule has 0 saturated carbocycles. The summed E-state index contributed by atoms with van der Waals surface area (Å²) in [6.07, 6.45) is 0.